The maximum absolute atomic E-state index is 13.6. The molecule has 166 valence electrons. The number of hydrogen-bond donors (Lipinski definition) is 1. The third-order valence-corrected chi connectivity index (χ3v) is 7.82. The van der Waals surface area contributed by atoms with Gasteiger partial charge in [0.1, 0.15) is 0 Å². The third kappa shape index (κ3) is 4.74. The summed E-state index contributed by atoms with van der Waals surface area (Å²) >= 11 is 0. The predicted molar refractivity (Wildman–Crippen MR) is 123 cm³/mol. The van der Waals surface area contributed by atoms with Crippen LogP contribution in [0.3, 0.4) is 0 Å². The molecule has 1 saturated heterocycles. The van der Waals surface area contributed by atoms with Crippen LogP contribution in [0.25, 0.3) is 0 Å². The molecule has 1 N–H and O–H groups in total. The highest BCUT2D eigenvalue weighted by Crippen LogP contribution is 2.37. The molecule has 1 fully saturated rings. The molecule has 2 heterocycles. The first-order valence-corrected chi connectivity index (χ1v) is 12.2. The van der Waals surface area contributed by atoms with Gasteiger partial charge in [-0.05, 0) is 49.6 Å². The van der Waals surface area contributed by atoms with Gasteiger partial charge in [0.15, 0.2) is 0 Å². The van der Waals surface area contributed by atoms with Crippen LogP contribution in [0.2, 0.25) is 0 Å². The van der Waals surface area contributed by atoms with Crippen molar-refractivity contribution in [2.24, 2.45) is 5.92 Å². The van der Waals surface area contributed by atoms with E-state index < -0.39 is 15.9 Å². The Morgan fingerprint density at radius 2 is 1.62 bits per heavy atom. The lowest BCUT2D eigenvalue weighted by Gasteiger charge is -2.38. The largest absolute Gasteiger partial charge is 0.348 e. The van der Waals surface area contributed by atoms with Crippen molar-refractivity contribution >= 4 is 15.9 Å². The minimum atomic E-state index is -3.77. The monoisotopic (exact) mass is 449 g/mol. The van der Waals surface area contributed by atoms with Gasteiger partial charge in [0, 0.05) is 12.7 Å². The molecule has 1 aromatic heterocycles. The lowest BCUT2D eigenvalue weighted by molar-refractivity contribution is -0.127. The number of carbonyl (C=O) groups is 1. The number of rotatable bonds is 6. The number of carbonyl (C=O) groups excluding carboxylic acids is 1. The molecule has 1 unspecified atom stereocenters. The molecule has 0 spiro atoms. The maximum Gasteiger partial charge on any atom is 0.243 e. The van der Waals surface area contributed by atoms with Crippen LogP contribution >= 0.6 is 0 Å². The summed E-state index contributed by atoms with van der Waals surface area (Å²) in [6.07, 6.45) is 2.88. The van der Waals surface area contributed by atoms with Crippen LogP contribution in [0.1, 0.15) is 43.1 Å². The molecule has 1 aliphatic rings. The Kier molecular flexibility index (Phi) is 6.67. The Hall–Kier alpha value is -3.03. The van der Waals surface area contributed by atoms with E-state index >= 15 is 0 Å². The smallest absolute Gasteiger partial charge is 0.243 e. The Bertz CT molecular complexity index is 1140. The van der Waals surface area contributed by atoms with Gasteiger partial charge in [-0.2, -0.15) is 4.31 Å². The number of amides is 1. The van der Waals surface area contributed by atoms with Gasteiger partial charge in [-0.15, -0.1) is 0 Å². The summed E-state index contributed by atoms with van der Waals surface area (Å²) in [4.78, 5) is 17.6. The van der Waals surface area contributed by atoms with Crippen LogP contribution in [0.5, 0.6) is 0 Å². The molecule has 4 rings (SSSR count). The summed E-state index contributed by atoms with van der Waals surface area (Å²) < 4.78 is 28.6. The van der Waals surface area contributed by atoms with Crippen LogP contribution < -0.4 is 5.32 Å². The van der Waals surface area contributed by atoms with Gasteiger partial charge in [0.05, 0.1) is 28.6 Å². The fraction of sp³-hybridized carbons (Fsp3) is 0.280. The summed E-state index contributed by atoms with van der Waals surface area (Å²) in [5, 5.41) is 3.01. The molecule has 3 aromatic rings. The first kappa shape index (κ1) is 22.2. The van der Waals surface area contributed by atoms with E-state index in [4.69, 9.17) is 0 Å². The van der Waals surface area contributed by atoms with Crippen LogP contribution in [0, 0.1) is 5.92 Å². The van der Waals surface area contributed by atoms with Crippen molar-refractivity contribution in [2.45, 2.75) is 36.7 Å². The summed E-state index contributed by atoms with van der Waals surface area (Å²) in [5.74, 6) is -0.581. The van der Waals surface area contributed by atoms with Gasteiger partial charge in [-0.3, -0.25) is 9.78 Å². The number of nitrogens with one attached hydrogen (secondary N) is 1. The number of sulfonamides is 1. The predicted octanol–water partition coefficient (Wildman–Crippen LogP) is 4.10. The average Bonchev–Trinajstić information content (AvgIpc) is 2.85. The minimum Gasteiger partial charge on any atom is -0.348 e. The molecule has 0 saturated carbocycles. The highest BCUT2D eigenvalue weighted by atomic mass is 32.2. The lowest BCUT2D eigenvalue weighted by Crippen LogP contribution is -2.47. The quantitative estimate of drug-likeness (QED) is 0.614. The van der Waals surface area contributed by atoms with Crippen molar-refractivity contribution in [3.63, 3.8) is 0 Å². The van der Waals surface area contributed by atoms with E-state index in [1.165, 1.54) is 4.31 Å². The molecule has 0 radical (unpaired) electrons. The van der Waals surface area contributed by atoms with Crippen molar-refractivity contribution < 1.29 is 13.2 Å². The van der Waals surface area contributed by atoms with E-state index in [-0.39, 0.29) is 29.4 Å². The zero-order valence-electron chi connectivity index (χ0n) is 18.0. The summed E-state index contributed by atoms with van der Waals surface area (Å²) in [7, 11) is -3.77. The van der Waals surface area contributed by atoms with Gasteiger partial charge in [-0.25, -0.2) is 8.42 Å². The van der Waals surface area contributed by atoms with Crippen LogP contribution in [0.4, 0.5) is 0 Å². The van der Waals surface area contributed by atoms with Gasteiger partial charge in [-0.1, -0.05) is 54.6 Å². The van der Waals surface area contributed by atoms with Crippen LogP contribution in [-0.4, -0.2) is 30.2 Å². The minimum absolute atomic E-state index is 0.136. The van der Waals surface area contributed by atoms with Crippen molar-refractivity contribution in [1.29, 1.82) is 0 Å². The Morgan fingerprint density at radius 3 is 2.28 bits per heavy atom. The Labute approximate surface area is 189 Å². The fourth-order valence-electron chi connectivity index (χ4n) is 4.19. The van der Waals surface area contributed by atoms with Crippen LogP contribution in [0.15, 0.2) is 90.0 Å². The zero-order valence-corrected chi connectivity index (χ0v) is 18.8. The van der Waals surface area contributed by atoms with Gasteiger partial charge >= 0.3 is 0 Å². The summed E-state index contributed by atoms with van der Waals surface area (Å²) in [6, 6.07) is 23.1. The second-order valence-electron chi connectivity index (χ2n) is 8.07. The number of aromatic nitrogens is 1. The Balaban J connectivity index is 1.59. The molecule has 2 aromatic carbocycles. The van der Waals surface area contributed by atoms with Gasteiger partial charge in [0.25, 0.3) is 0 Å². The highest BCUT2D eigenvalue weighted by molar-refractivity contribution is 7.89. The molecule has 3 atom stereocenters. The molecular weight excluding hydrogens is 422 g/mol. The zero-order chi connectivity index (χ0) is 22.6. The lowest BCUT2D eigenvalue weighted by atomic mass is 9.90. The van der Waals surface area contributed by atoms with Crippen LogP contribution in [-0.2, 0) is 14.8 Å². The fourth-order valence-corrected chi connectivity index (χ4v) is 5.90. The van der Waals surface area contributed by atoms with E-state index in [0.29, 0.717) is 12.8 Å². The third-order valence-electron chi connectivity index (χ3n) is 5.93. The number of piperidine rings is 1. The number of hydrogen-bond acceptors (Lipinski definition) is 4. The molecule has 1 amide bonds. The SMILES string of the molecule is CC(NC(=O)[C@@H]1CC[C@H](c2ccccc2)N(S(=O)(=O)c2ccccc2)C1)c1ccccn1. The van der Waals surface area contributed by atoms with Gasteiger partial charge < -0.3 is 5.32 Å². The normalized spacial score (nSPS) is 20.4. The van der Waals surface area contributed by atoms with Crippen molar-refractivity contribution in [3.8, 4) is 0 Å². The van der Waals surface area contributed by atoms with E-state index in [1.54, 1.807) is 36.5 Å². The number of benzene rings is 2. The first-order valence-electron chi connectivity index (χ1n) is 10.8. The van der Waals surface area contributed by atoms with E-state index in [9.17, 15) is 13.2 Å². The second kappa shape index (κ2) is 9.63. The number of nitrogens with zero attached hydrogens (tertiary/aromatic N) is 2. The maximum atomic E-state index is 13.6. The average molecular weight is 450 g/mol. The standard InChI is InChI=1S/C25H27N3O3S/c1-19(23-14-8-9-17-26-23)27-25(29)21-15-16-24(20-10-4-2-5-11-20)28(18-21)32(30,31)22-12-6-3-7-13-22/h2-14,17,19,21,24H,15-16,18H2,1H3,(H,27,29)/t19?,21-,24-/m1/s1. The highest BCUT2D eigenvalue weighted by Gasteiger charge is 2.40. The molecule has 32 heavy (non-hydrogen) atoms. The molecular formula is C25H27N3O3S. The molecule has 6 nitrogen and oxygen atoms in total. The summed E-state index contributed by atoms with van der Waals surface area (Å²) in [6.45, 7) is 2.02. The number of pyridine rings is 1. The second-order valence-corrected chi connectivity index (χ2v) is 9.96. The Morgan fingerprint density at radius 1 is 0.969 bits per heavy atom. The molecule has 1 aliphatic heterocycles. The molecule has 7 heteroatoms. The molecule has 0 aliphatic carbocycles. The topological polar surface area (TPSA) is 79.4 Å². The van der Waals surface area contributed by atoms with Crippen molar-refractivity contribution in [1.82, 2.24) is 14.6 Å². The first-order chi connectivity index (χ1) is 15.5. The molecule has 0 bridgehead atoms. The van der Waals surface area contributed by atoms with Crippen molar-refractivity contribution in [3.05, 3.63) is 96.3 Å². The van der Waals surface area contributed by atoms with Crippen molar-refractivity contribution in [2.75, 3.05) is 6.54 Å². The van der Waals surface area contributed by atoms with E-state index in [1.807, 2.05) is 55.5 Å². The van der Waals surface area contributed by atoms with Gasteiger partial charge in [0.2, 0.25) is 15.9 Å². The van der Waals surface area contributed by atoms with E-state index in [0.717, 1.165) is 11.3 Å². The summed E-state index contributed by atoms with van der Waals surface area (Å²) in [5.41, 5.74) is 1.71. The van der Waals surface area contributed by atoms with E-state index in [2.05, 4.69) is 10.3 Å².